The zero-order valence-electron chi connectivity index (χ0n) is 15.0. The van der Waals surface area contributed by atoms with Crippen molar-refractivity contribution in [3.8, 4) is 11.4 Å². The molecule has 1 aliphatic heterocycles. The van der Waals surface area contributed by atoms with E-state index < -0.39 is 0 Å². The van der Waals surface area contributed by atoms with Gasteiger partial charge in [0.2, 0.25) is 0 Å². The van der Waals surface area contributed by atoms with Crippen molar-refractivity contribution in [2.24, 2.45) is 0 Å². The smallest absolute Gasteiger partial charge is 0.257 e. The molecule has 1 amide bonds. The lowest BCUT2D eigenvalue weighted by Crippen LogP contribution is -2.31. The molecular weight excluding hydrogens is 343 g/mol. The van der Waals surface area contributed by atoms with Crippen LogP contribution in [0.3, 0.4) is 0 Å². The summed E-state index contributed by atoms with van der Waals surface area (Å²) in [6.45, 7) is 2.49. The standard InChI is InChI=1S/C21H19FN4O/c1-14-18(13-24-20(25-14)16-4-2-10-23-12-16)21(27)26-11-3-5-19(26)15-6-8-17(22)9-7-15/h2,4,6-10,12-13,19H,3,5,11H2,1H3. The molecule has 4 rings (SSSR count). The Kier molecular flexibility index (Phi) is 4.62. The summed E-state index contributed by atoms with van der Waals surface area (Å²) in [6, 6.07) is 10.0. The molecule has 1 saturated heterocycles. The third-order valence-corrected chi connectivity index (χ3v) is 4.90. The summed E-state index contributed by atoms with van der Waals surface area (Å²) in [5.74, 6) is 0.190. The minimum atomic E-state index is -0.273. The number of aryl methyl sites for hydroxylation is 1. The second kappa shape index (κ2) is 7.23. The molecular formula is C21H19FN4O. The van der Waals surface area contributed by atoms with E-state index in [1.807, 2.05) is 24.0 Å². The fraction of sp³-hybridized carbons (Fsp3) is 0.238. The molecule has 136 valence electrons. The molecule has 0 N–H and O–H groups in total. The molecule has 3 aromatic rings. The summed E-state index contributed by atoms with van der Waals surface area (Å²) in [6.07, 6.45) is 6.76. The largest absolute Gasteiger partial charge is 0.332 e. The number of likely N-dealkylation sites (tertiary alicyclic amines) is 1. The van der Waals surface area contributed by atoms with Gasteiger partial charge < -0.3 is 4.90 Å². The number of hydrogen-bond acceptors (Lipinski definition) is 4. The summed E-state index contributed by atoms with van der Waals surface area (Å²) in [5.41, 5.74) is 2.90. The van der Waals surface area contributed by atoms with Crippen molar-refractivity contribution in [1.29, 1.82) is 0 Å². The second-order valence-electron chi connectivity index (χ2n) is 6.64. The molecule has 5 nitrogen and oxygen atoms in total. The molecule has 27 heavy (non-hydrogen) atoms. The molecule has 1 unspecified atom stereocenters. The van der Waals surface area contributed by atoms with Crippen LogP contribution < -0.4 is 0 Å². The van der Waals surface area contributed by atoms with Crippen molar-refractivity contribution < 1.29 is 9.18 Å². The molecule has 1 aliphatic rings. The highest BCUT2D eigenvalue weighted by molar-refractivity contribution is 5.95. The zero-order valence-corrected chi connectivity index (χ0v) is 15.0. The molecule has 1 aromatic carbocycles. The van der Waals surface area contributed by atoms with Crippen LogP contribution in [-0.2, 0) is 0 Å². The van der Waals surface area contributed by atoms with Crippen LogP contribution >= 0.6 is 0 Å². The van der Waals surface area contributed by atoms with Gasteiger partial charge >= 0.3 is 0 Å². The minimum Gasteiger partial charge on any atom is -0.332 e. The average molecular weight is 362 g/mol. The van der Waals surface area contributed by atoms with E-state index in [1.165, 1.54) is 12.1 Å². The molecule has 0 radical (unpaired) electrons. The number of aromatic nitrogens is 3. The minimum absolute atomic E-state index is 0.0458. The lowest BCUT2D eigenvalue weighted by Gasteiger charge is -2.25. The van der Waals surface area contributed by atoms with Gasteiger partial charge in [0.15, 0.2) is 5.82 Å². The second-order valence-corrected chi connectivity index (χ2v) is 6.64. The maximum atomic E-state index is 13.2. The first-order valence-electron chi connectivity index (χ1n) is 8.94. The van der Waals surface area contributed by atoms with E-state index in [1.54, 1.807) is 30.7 Å². The maximum Gasteiger partial charge on any atom is 0.257 e. The maximum absolute atomic E-state index is 13.2. The molecule has 0 saturated carbocycles. The quantitative estimate of drug-likeness (QED) is 0.707. The Morgan fingerprint density at radius 1 is 1.19 bits per heavy atom. The summed E-state index contributed by atoms with van der Waals surface area (Å²) in [5, 5.41) is 0. The van der Waals surface area contributed by atoms with Gasteiger partial charge in [-0.25, -0.2) is 14.4 Å². The molecule has 0 aliphatic carbocycles. The molecule has 1 fully saturated rings. The highest BCUT2D eigenvalue weighted by atomic mass is 19.1. The van der Waals surface area contributed by atoms with Gasteiger partial charge in [0.1, 0.15) is 5.82 Å². The number of amides is 1. The van der Waals surface area contributed by atoms with Crippen molar-refractivity contribution in [2.75, 3.05) is 6.54 Å². The molecule has 0 bridgehead atoms. The average Bonchev–Trinajstić information content (AvgIpc) is 3.18. The lowest BCUT2D eigenvalue weighted by molar-refractivity contribution is 0.0734. The number of pyridine rings is 1. The normalized spacial score (nSPS) is 16.5. The van der Waals surface area contributed by atoms with Crippen LogP contribution in [-0.4, -0.2) is 32.3 Å². The van der Waals surface area contributed by atoms with Crippen molar-refractivity contribution in [3.05, 3.63) is 77.6 Å². The van der Waals surface area contributed by atoms with Gasteiger partial charge in [-0.05, 0) is 49.6 Å². The number of carbonyl (C=O) groups is 1. The van der Waals surface area contributed by atoms with E-state index in [9.17, 15) is 9.18 Å². The van der Waals surface area contributed by atoms with Crippen molar-refractivity contribution in [1.82, 2.24) is 19.9 Å². The van der Waals surface area contributed by atoms with Crippen molar-refractivity contribution in [2.45, 2.75) is 25.8 Å². The first kappa shape index (κ1) is 17.3. The van der Waals surface area contributed by atoms with Crippen molar-refractivity contribution >= 4 is 5.91 Å². The van der Waals surface area contributed by atoms with Crippen LogP contribution in [0.5, 0.6) is 0 Å². The Labute approximate surface area is 156 Å². The highest BCUT2D eigenvalue weighted by Gasteiger charge is 2.31. The van der Waals surface area contributed by atoms with Gasteiger partial charge in [-0.3, -0.25) is 9.78 Å². The fourth-order valence-corrected chi connectivity index (χ4v) is 3.51. The summed E-state index contributed by atoms with van der Waals surface area (Å²) in [4.78, 5) is 27.9. The number of carbonyl (C=O) groups excluding carboxylic acids is 1. The predicted octanol–water partition coefficient (Wildman–Crippen LogP) is 3.96. The Balaban J connectivity index is 1.61. The van der Waals surface area contributed by atoms with Crippen LogP contribution in [0.15, 0.2) is 55.0 Å². The summed E-state index contributed by atoms with van der Waals surface area (Å²) < 4.78 is 13.2. The van der Waals surface area contributed by atoms with E-state index in [2.05, 4.69) is 15.0 Å². The Morgan fingerprint density at radius 3 is 2.70 bits per heavy atom. The Morgan fingerprint density at radius 2 is 2.00 bits per heavy atom. The Bertz CT molecular complexity index is 960. The highest BCUT2D eigenvalue weighted by Crippen LogP contribution is 2.33. The van der Waals surface area contributed by atoms with E-state index in [4.69, 9.17) is 0 Å². The summed E-state index contributed by atoms with van der Waals surface area (Å²) >= 11 is 0. The summed E-state index contributed by atoms with van der Waals surface area (Å²) in [7, 11) is 0. The van der Waals surface area contributed by atoms with Crippen LogP contribution in [0.25, 0.3) is 11.4 Å². The molecule has 0 spiro atoms. The zero-order chi connectivity index (χ0) is 18.8. The topological polar surface area (TPSA) is 59.0 Å². The van der Waals surface area contributed by atoms with Crippen LogP contribution in [0.4, 0.5) is 4.39 Å². The fourth-order valence-electron chi connectivity index (χ4n) is 3.51. The van der Waals surface area contributed by atoms with Gasteiger partial charge in [-0.2, -0.15) is 0 Å². The molecule has 6 heteroatoms. The van der Waals surface area contributed by atoms with E-state index in [-0.39, 0.29) is 17.8 Å². The lowest BCUT2D eigenvalue weighted by atomic mass is 10.0. The van der Waals surface area contributed by atoms with Gasteiger partial charge in [0, 0.05) is 30.7 Å². The first-order valence-corrected chi connectivity index (χ1v) is 8.94. The third kappa shape index (κ3) is 3.43. The van der Waals surface area contributed by atoms with Crippen LogP contribution in [0.2, 0.25) is 0 Å². The number of benzene rings is 1. The SMILES string of the molecule is Cc1nc(-c2cccnc2)ncc1C(=O)N1CCCC1c1ccc(F)cc1. The predicted molar refractivity (Wildman–Crippen MR) is 99.4 cm³/mol. The first-order chi connectivity index (χ1) is 13.1. The van der Waals surface area contributed by atoms with Crippen molar-refractivity contribution in [3.63, 3.8) is 0 Å². The molecule has 1 atom stereocenters. The van der Waals surface area contributed by atoms with Gasteiger partial charge in [0.05, 0.1) is 17.3 Å². The number of nitrogens with zero attached hydrogens (tertiary/aromatic N) is 4. The van der Waals surface area contributed by atoms with Crippen LogP contribution in [0, 0.1) is 12.7 Å². The van der Waals surface area contributed by atoms with E-state index in [0.717, 1.165) is 24.0 Å². The van der Waals surface area contributed by atoms with Crippen LogP contribution in [0.1, 0.15) is 40.5 Å². The van der Waals surface area contributed by atoms with Gasteiger partial charge in [-0.15, -0.1) is 0 Å². The number of hydrogen-bond donors (Lipinski definition) is 0. The third-order valence-electron chi connectivity index (χ3n) is 4.90. The molecule has 2 aromatic heterocycles. The van der Waals surface area contributed by atoms with E-state index in [0.29, 0.717) is 23.6 Å². The van der Waals surface area contributed by atoms with Gasteiger partial charge in [0.25, 0.3) is 5.91 Å². The number of halogens is 1. The molecule has 3 heterocycles. The van der Waals surface area contributed by atoms with Gasteiger partial charge in [-0.1, -0.05) is 12.1 Å². The monoisotopic (exact) mass is 362 g/mol. The van der Waals surface area contributed by atoms with E-state index >= 15 is 0 Å². The Hall–Kier alpha value is -3.15. The number of rotatable bonds is 3.